The number of aromatic nitrogens is 5. The number of methoxy groups -OCH3 is 1. The molecule has 0 aliphatic heterocycles. The smallest absolute Gasteiger partial charge is 0.339 e. The van der Waals surface area contributed by atoms with Gasteiger partial charge in [0.2, 0.25) is 0 Å². The van der Waals surface area contributed by atoms with E-state index in [-0.39, 0.29) is 0 Å². The number of esters is 1. The van der Waals surface area contributed by atoms with Crippen LogP contribution in [-0.4, -0.2) is 38.0 Å². The fraction of sp³-hybridized carbons (Fsp3) is 0.200. The van der Waals surface area contributed by atoms with E-state index in [4.69, 9.17) is 4.74 Å². The summed E-state index contributed by atoms with van der Waals surface area (Å²) in [5, 5.41) is 8.14. The predicted molar refractivity (Wildman–Crippen MR) is 87.6 cm³/mol. The number of aromatic amines is 1. The Kier molecular flexibility index (Phi) is 2.95. The molecule has 1 N–H and O–H groups in total. The Morgan fingerprint density at radius 2 is 2.17 bits per heavy atom. The Labute approximate surface area is 134 Å². The lowest BCUT2D eigenvalue weighted by molar-refractivity contribution is 0.0600. The summed E-state index contributed by atoms with van der Waals surface area (Å²) < 4.78 is 7.55. The van der Waals surface area contributed by atoms with Gasteiger partial charge < -0.3 is 9.72 Å². The molecule has 116 valence electrons. The minimum absolute atomic E-state index is 0.394. The van der Waals surface area contributed by atoms with E-state index in [1.807, 2.05) is 14.0 Å². The molecule has 23 heavy (non-hydrogen) atoms. The number of nitrogens with zero attached hydrogens (tertiary/aromatic N) is 4. The van der Waals surface area contributed by atoms with Crippen LogP contribution in [0.5, 0.6) is 0 Å². The third kappa shape index (κ3) is 2.02. The highest BCUT2D eigenvalue weighted by atomic mass is 32.1. The van der Waals surface area contributed by atoms with Crippen molar-refractivity contribution in [3.8, 4) is 10.6 Å². The van der Waals surface area contributed by atoms with Gasteiger partial charge in [-0.2, -0.15) is 0 Å². The molecule has 0 amide bonds. The Balaban J connectivity index is 1.89. The molecule has 0 aromatic carbocycles. The van der Waals surface area contributed by atoms with Gasteiger partial charge in [0.25, 0.3) is 0 Å². The molecular formula is C15H13N5O2S. The number of pyridine rings is 1. The molecule has 0 atom stereocenters. The fourth-order valence-electron chi connectivity index (χ4n) is 2.69. The van der Waals surface area contributed by atoms with Crippen LogP contribution in [0.25, 0.3) is 31.8 Å². The molecule has 4 aromatic rings. The van der Waals surface area contributed by atoms with Crippen LogP contribution in [0, 0.1) is 6.92 Å². The minimum Gasteiger partial charge on any atom is -0.465 e. The van der Waals surface area contributed by atoms with Crippen molar-refractivity contribution in [2.24, 2.45) is 7.05 Å². The molecule has 8 heteroatoms. The van der Waals surface area contributed by atoms with Crippen LogP contribution in [0.3, 0.4) is 0 Å². The first kappa shape index (κ1) is 13.9. The van der Waals surface area contributed by atoms with E-state index >= 15 is 0 Å². The van der Waals surface area contributed by atoms with Crippen LogP contribution in [-0.2, 0) is 11.8 Å². The van der Waals surface area contributed by atoms with Gasteiger partial charge in [0.05, 0.1) is 39.0 Å². The molecule has 0 aliphatic rings. The predicted octanol–water partition coefficient (Wildman–Crippen LogP) is 2.67. The summed E-state index contributed by atoms with van der Waals surface area (Å²) in [7, 11) is 3.23. The maximum Gasteiger partial charge on any atom is 0.339 e. The summed E-state index contributed by atoms with van der Waals surface area (Å²) in [4.78, 5) is 20.4. The molecule has 0 aliphatic carbocycles. The van der Waals surface area contributed by atoms with Crippen LogP contribution in [0.15, 0.2) is 18.3 Å². The van der Waals surface area contributed by atoms with Gasteiger partial charge in [-0.25, -0.2) is 9.48 Å². The number of carbonyl (C=O) groups excluding carboxylic acids is 1. The first-order valence-electron chi connectivity index (χ1n) is 6.94. The number of fused-ring (bicyclic) bond motifs is 3. The molecule has 4 aromatic heterocycles. The molecular weight excluding hydrogens is 314 g/mol. The lowest BCUT2D eigenvalue weighted by Crippen LogP contribution is -2.01. The molecule has 7 nitrogen and oxygen atoms in total. The van der Waals surface area contributed by atoms with E-state index in [1.54, 1.807) is 22.1 Å². The van der Waals surface area contributed by atoms with Crippen molar-refractivity contribution >= 4 is 38.6 Å². The summed E-state index contributed by atoms with van der Waals surface area (Å²) in [5.74, 6) is -0.394. The average molecular weight is 327 g/mol. The molecule has 0 spiro atoms. The average Bonchev–Trinajstić information content (AvgIpc) is 3.18. The highest BCUT2D eigenvalue weighted by Crippen LogP contribution is 2.37. The third-order valence-corrected chi connectivity index (χ3v) is 4.90. The number of aryl methyl sites for hydroxylation is 2. The number of nitrogens with one attached hydrogen (secondary N) is 1. The zero-order valence-electron chi connectivity index (χ0n) is 12.7. The summed E-state index contributed by atoms with van der Waals surface area (Å²) >= 11 is 1.63. The lowest BCUT2D eigenvalue weighted by atomic mass is 10.2. The summed E-state index contributed by atoms with van der Waals surface area (Å²) in [6.45, 7) is 1.94. The molecule has 0 unspecified atom stereocenters. The largest absolute Gasteiger partial charge is 0.465 e. The monoisotopic (exact) mass is 327 g/mol. The fourth-order valence-corrected chi connectivity index (χ4v) is 3.94. The van der Waals surface area contributed by atoms with E-state index < -0.39 is 5.97 Å². The second kappa shape index (κ2) is 4.88. The van der Waals surface area contributed by atoms with Crippen molar-refractivity contribution in [1.29, 1.82) is 0 Å². The minimum atomic E-state index is -0.394. The molecule has 0 radical (unpaired) electrons. The van der Waals surface area contributed by atoms with Gasteiger partial charge in [-0.1, -0.05) is 5.21 Å². The number of thiophene rings is 1. The number of hydrogen-bond donors (Lipinski definition) is 1. The quantitative estimate of drug-likeness (QED) is 0.572. The van der Waals surface area contributed by atoms with Crippen molar-refractivity contribution in [3.63, 3.8) is 0 Å². The molecule has 0 saturated carbocycles. The standard InChI is InChI=1S/C15H13N5O2S/c1-7-13(20(2)19-18-7)11-5-10-14(23-11)12-9(17-10)4-8(6-16-12)15(21)22-3/h4-6,17H,1-3H3. The van der Waals surface area contributed by atoms with Crippen molar-refractivity contribution < 1.29 is 9.53 Å². The summed E-state index contributed by atoms with van der Waals surface area (Å²) in [6, 6.07) is 3.82. The topological polar surface area (TPSA) is 85.7 Å². The van der Waals surface area contributed by atoms with Gasteiger partial charge in [-0.15, -0.1) is 16.4 Å². The first-order chi connectivity index (χ1) is 11.1. The van der Waals surface area contributed by atoms with Gasteiger partial charge in [0.15, 0.2) is 0 Å². The number of hydrogen-bond acceptors (Lipinski definition) is 6. The maximum atomic E-state index is 11.6. The van der Waals surface area contributed by atoms with Crippen LogP contribution in [0.1, 0.15) is 16.1 Å². The molecule has 0 fully saturated rings. The number of H-pyrrole nitrogens is 1. The second-order valence-electron chi connectivity index (χ2n) is 5.24. The van der Waals surface area contributed by atoms with Gasteiger partial charge in [0.1, 0.15) is 11.2 Å². The van der Waals surface area contributed by atoms with Crippen LogP contribution >= 0.6 is 11.3 Å². The zero-order valence-corrected chi connectivity index (χ0v) is 13.6. The van der Waals surface area contributed by atoms with Gasteiger partial charge in [0, 0.05) is 13.2 Å². The number of ether oxygens (including phenoxy) is 1. The van der Waals surface area contributed by atoms with E-state index in [0.29, 0.717) is 5.56 Å². The lowest BCUT2D eigenvalue weighted by Gasteiger charge is -1.99. The number of carbonyl (C=O) groups is 1. The first-order valence-corrected chi connectivity index (χ1v) is 7.76. The van der Waals surface area contributed by atoms with Gasteiger partial charge >= 0.3 is 5.97 Å². The van der Waals surface area contributed by atoms with Crippen LogP contribution < -0.4 is 0 Å². The Morgan fingerprint density at radius 1 is 1.35 bits per heavy atom. The Morgan fingerprint density at radius 3 is 2.87 bits per heavy atom. The van der Waals surface area contributed by atoms with E-state index in [9.17, 15) is 4.79 Å². The van der Waals surface area contributed by atoms with Crippen molar-refractivity contribution in [1.82, 2.24) is 25.0 Å². The van der Waals surface area contributed by atoms with Gasteiger partial charge in [-0.05, 0) is 19.1 Å². The van der Waals surface area contributed by atoms with E-state index in [0.717, 1.165) is 37.5 Å². The Bertz CT molecular complexity index is 1040. The van der Waals surface area contributed by atoms with Gasteiger partial charge in [-0.3, -0.25) is 4.98 Å². The van der Waals surface area contributed by atoms with Crippen molar-refractivity contribution in [3.05, 3.63) is 29.6 Å². The third-order valence-electron chi connectivity index (χ3n) is 3.75. The van der Waals surface area contributed by atoms with Crippen LogP contribution in [0.4, 0.5) is 0 Å². The maximum absolute atomic E-state index is 11.6. The highest BCUT2D eigenvalue weighted by molar-refractivity contribution is 7.23. The Hall–Kier alpha value is -2.74. The normalized spacial score (nSPS) is 11.4. The van der Waals surface area contributed by atoms with E-state index in [1.165, 1.54) is 13.3 Å². The van der Waals surface area contributed by atoms with E-state index in [2.05, 4.69) is 26.3 Å². The number of rotatable bonds is 2. The molecule has 0 bridgehead atoms. The second-order valence-corrected chi connectivity index (χ2v) is 6.29. The summed E-state index contributed by atoms with van der Waals surface area (Å²) in [5.41, 5.74) is 4.97. The van der Waals surface area contributed by atoms with Crippen molar-refractivity contribution in [2.45, 2.75) is 6.92 Å². The SMILES string of the molecule is COC(=O)c1cnc2c(c1)[nH]c1cc(-c3c(C)nnn3C)sc12. The molecule has 4 rings (SSSR count). The molecule has 0 saturated heterocycles. The molecule has 4 heterocycles. The highest BCUT2D eigenvalue weighted by Gasteiger charge is 2.17. The zero-order chi connectivity index (χ0) is 16.1. The van der Waals surface area contributed by atoms with Crippen molar-refractivity contribution in [2.75, 3.05) is 7.11 Å². The summed E-state index contributed by atoms with van der Waals surface area (Å²) in [6.07, 6.45) is 1.54. The van der Waals surface area contributed by atoms with Crippen LogP contribution in [0.2, 0.25) is 0 Å².